The first kappa shape index (κ1) is 15.8. The van der Waals surface area contributed by atoms with E-state index in [9.17, 15) is 0 Å². The minimum Gasteiger partial charge on any atom is -0.357 e. The van der Waals surface area contributed by atoms with Gasteiger partial charge in [-0.05, 0) is 32.1 Å². The van der Waals surface area contributed by atoms with Gasteiger partial charge in [0.15, 0.2) is 0 Å². The summed E-state index contributed by atoms with van der Waals surface area (Å²) in [6.07, 6.45) is 2.35. The topological polar surface area (TPSA) is 57.2 Å². The molecule has 1 fully saturated rings. The zero-order valence-electron chi connectivity index (χ0n) is 14.0. The molecular weight excluding hydrogens is 264 g/mol. The first-order valence-electron chi connectivity index (χ1n) is 7.93. The Morgan fingerprint density at radius 3 is 2.24 bits per heavy atom. The Kier molecular flexibility index (Phi) is 4.85. The van der Waals surface area contributed by atoms with Gasteiger partial charge < -0.3 is 15.1 Å². The quantitative estimate of drug-likeness (QED) is 0.899. The zero-order valence-corrected chi connectivity index (χ0v) is 14.0. The van der Waals surface area contributed by atoms with Crippen LogP contribution in [0, 0.1) is 5.41 Å². The average molecular weight is 292 g/mol. The summed E-state index contributed by atoms with van der Waals surface area (Å²) in [4.78, 5) is 18.1. The number of aromatic nitrogens is 3. The lowest BCUT2D eigenvalue weighted by Crippen LogP contribution is -2.38. The third kappa shape index (κ3) is 3.74. The molecule has 1 aromatic heterocycles. The molecule has 1 saturated heterocycles. The maximum absolute atomic E-state index is 4.68. The van der Waals surface area contributed by atoms with Crippen molar-refractivity contribution in [1.82, 2.24) is 15.0 Å². The zero-order chi connectivity index (χ0) is 15.5. The van der Waals surface area contributed by atoms with Gasteiger partial charge in [-0.15, -0.1) is 0 Å². The van der Waals surface area contributed by atoms with E-state index in [1.54, 1.807) is 0 Å². The molecule has 0 atom stereocenters. The third-order valence-electron chi connectivity index (χ3n) is 4.28. The van der Waals surface area contributed by atoms with Crippen LogP contribution in [0.1, 0.15) is 40.5 Å². The predicted octanol–water partition coefficient (Wildman–Crippen LogP) is 2.39. The molecule has 2 rings (SSSR count). The molecule has 0 amide bonds. The van der Waals surface area contributed by atoms with Crippen LogP contribution in [0.3, 0.4) is 0 Å². The van der Waals surface area contributed by atoms with Crippen LogP contribution in [-0.4, -0.2) is 48.2 Å². The number of rotatable bonds is 5. The van der Waals surface area contributed by atoms with Gasteiger partial charge in [-0.1, -0.05) is 13.8 Å². The second kappa shape index (κ2) is 6.45. The largest absolute Gasteiger partial charge is 0.357 e. The maximum Gasteiger partial charge on any atom is 0.231 e. The van der Waals surface area contributed by atoms with Crippen LogP contribution >= 0.6 is 0 Å². The number of hydrogen-bond donors (Lipinski definition) is 1. The van der Waals surface area contributed by atoms with Gasteiger partial charge >= 0.3 is 0 Å². The molecule has 0 bridgehead atoms. The van der Waals surface area contributed by atoms with E-state index in [0.717, 1.165) is 38.1 Å². The van der Waals surface area contributed by atoms with Crippen molar-refractivity contribution in [3.8, 4) is 0 Å². The molecule has 21 heavy (non-hydrogen) atoms. The van der Waals surface area contributed by atoms with Crippen LogP contribution in [0.5, 0.6) is 0 Å². The van der Waals surface area contributed by atoms with Crippen molar-refractivity contribution >= 4 is 17.8 Å². The molecule has 1 aromatic rings. The molecule has 118 valence electrons. The molecule has 0 spiro atoms. The molecule has 0 unspecified atom stereocenters. The van der Waals surface area contributed by atoms with Gasteiger partial charge in [0.1, 0.15) is 0 Å². The molecule has 0 aromatic carbocycles. The van der Waals surface area contributed by atoms with Gasteiger partial charge in [-0.2, -0.15) is 15.0 Å². The van der Waals surface area contributed by atoms with Gasteiger partial charge in [0.2, 0.25) is 17.8 Å². The normalized spacial score (nSPS) is 17.7. The summed E-state index contributed by atoms with van der Waals surface area (Å²) in [6, 6.07) is 0. The fraction of sp³-hybridized carbons (Fsp3) is 0.800. The van der Waals surface area contributed by atoms with E-state index in [-0.39, 0.29) is 0 Å². The van der Waals surface area contributed by atoms with Crippen molar-refractivity contribution in [1.29, 1.82) is 0 Å². The average Bonchev–Trinajstić information content (AvgIpc) is 2.48. The lowest BCUT2D eigenvalue weighted by atomic mass is 9.83. The van der Waals surface area contributed by atoms with Crippen LogP contribution < -0.4 is 15.1 Å². The molecule has 6 heteroatoms. The molecule has 0 aliphatic carbocycles. The summed E-state index contributed by atoms with van der Waals surface area (Å²) in [5.41, 5.74) is 0.428. The Bertz CT molecular complexity index is 459. The number of nitrogens with zero attached hydrogens (tertiary/aromatic N) is 5. The minimum atomic E-state index is 0.428. The first-order valence-corrected chi connectivity index (χ1v) is 7.93. The van der Waals surface area contributed by atoms with E-state index < -0.39 is 0 Å². The highest BCUT2D eigenvalue weighted by Gasteiger charge is 2.27. The minimum absolute atomic E-state index is 0.428. The highest BCUT2D eigenvalue weighted by atomic mass is 15.4. The second-order valence-corrected chi connectivity index (χ2v) is 6.33. The molecule has 1 aliphatic rings. The van der Waals surface area contributed by atoms with Gasteiger partial charge in [-0.3, -0.25) is 0 Å². The van der Waals surface area contributed by atoms with Crippen LogP contribution in [0.25, 0.3) is 0 Å². The molecule has 2 heterocycles. The van der Waals surface area contributed by atoms with Gasteiger partial charge in [0.05, 0.1) is 0 Å². The number of nitrogens with one attached hydrogen (secondary N) is 1. The Hall–Kier alpha value is -1.59. The van der Waals surface area contributed by atoms with E-state index in [4.69, 9.17) is 0 Å². The van der Waals surface area contributed by atoms with Crippen molar-refractivity contribution in [2.75, 3.05) is 48.3 Å². The van der Waals surface area contributed by atoms with Crippen LogP contribution in [0.4, 0.5) is 17.8 Å². The summed E-state index contributed by atoms with van der Waals surface area (Å²) in [5, 5.41) is 3.05. The van der Waals surface area contributed by atoms with Gasteiger partial charge in [0.25, 0.3) is 0 Å². The number of anilines is 3. The smallest absolute Gasteiger partial charge is 0.231 e. The first-order chi connectivity index (χ1) is 9.99. The molecule has 0 radical (unpaired) electrons. The summed E-state index contributed by atoms with van der Waals surface area (Å²) >= 11 is 0. The van der Waals surface area contributed by atoms with Crippen molar-refractivity contribution < 1.29 is 0 Å². The standard InChI is InChI=1S/C15H28N6/c1-6-20(7-2)13-17-12(16-5)18-14(19-13)21-10-8-15(3,4)9-11-21/h6-11H2,1-5H3,(H,16,17,18,19). The van der Waals surface area contributed by atoms with Crippen molar-refractivity contribution in [3.05, 3.63) is 0 Å². The van der Waals surface area contributed by atoms with E-state index in [1.807, 2.05) is 7.05 Å². The molecule has 1 aliphatic heterocycles. The summed E-state index contributed by atoms with van der Waals surface area (Å²) in [5.74, 6) is 2.21. The third-order valence-corrected chi connectivity index (χ3v) is 4.28. The summed E-state index contributed by atoms with van der Waals surface area (Å²) < 4.78 is 0. The highest BCUT2D eigenvalue weighted by molar-refractivity contribution is 5.45. The van der Waals surface area contributed by atoms with Crippen molar-refractivity contribution in [2.24, 2.45) is 5.41 Å². The Balaban J connectivity index is 2.25. The Morgan fingerprint density at radius 2 is 1.71 bits per heavy atom. The SMILES string of the molecule is CCN(CC)c1nc(NC)nc(N2CCC(C)(C)CC2)n1. The van der Waals surface area contributed by atoms with Gasteiger partial charge in [-0.25, -0.2) is 0 Å². The van der Waals surface area contributed by atoms with Crippen LogP contribution in [-0.2, 0) is 0 Å². The lowest BCUT2D eigenvalue weighted by molar-refractivity contribution is 0.278. The van der Waals surface area contributed by atoms with E-state index in [1.165, 1.54) is 12.8 Å². The fourth-order valence-electron chi connectivity index (χ4n) is 2.57. The highest BCUT2D eigenvalue weighted by Crippen LogP contribution is 2.31. The van der Waals surface area contributed by atoms with Gasteiger partial charge in [0, 0.05) is 33.2 Å². The van der Waals surface area contributed by atoms with E-state index in [0.29, 0.717) is 11.4 Å². The Labute approximate surface area is 128 Å². The monoisotopic (exact) mass is 292 g/mol. The molecule has 1 N–H and O–H groups in total. The van der Waals surface area contributed by atoms with Crippen molar-refractivity contribution in [2.45, 2.75) is 40.5 Å². The Morgan fingerprint density at radius 1 is 1.10 bits per heavy atom. The second-order valence-electron chi connectivity index (χ2n) is 6.33. The number of hydrogen-bond acceptors (Lipinski definition) is 6. The van der Waals surface area contributed by atoms with Crippen LogP contribution in [0.15, 0.2) is 0 Å². The molecular formula is C15H28N6. The van der Waals surface area contributed by atoms with Crippen molar-refractivity contribution in [3.63, 3.8) is 0 Å². The fourth-order valence-corrected chi connectivity index (χ4v) is 2.57. The molecule has 6 nitrogen and oxygen atoms in total. The summed E-state index contributed by atoms with van der Waals surface area (Å²) in [6.45, 7) is 12.7. The maximum atomic E-state index is 4.68. The predicted molar refractivity (Wildman–Crippen MR) is 88.2 cm³/mol. The van der Waals surface area contributed by atoms with E-state index >= 15 is 0 Å². The lowest BCUT2D eigenvalue weighted by Gasteiger charge is -2.37. The van der Waals surface area contributed by atoms with Crippen LogP contribution in [0.2, 0.25) is 0 Å². The molecule has 0 saturated carbocycles. The number of piperidine rings is 1. The van der Waals surface area contributed by atoms with E-state index in [2.05, 4.69) is 57.8 Å². The summed E-state index contributed by atoms with van der Waals surface area (Å²) in [7, 11) is 1.85.